The van der Waals surface area contributed by atoms with Crippen molar-refractivity contribution in [1.82, 2.24) is 0 Å². The zero-order valence-corrected chi connectivity index (χ0v) is 15.4. The van der Waals surface area contributed by atoms with E-state index < -0.39 is 0 Å². The van der Waals surface area contributed by atoms with Crippen molar-refractivity contribution < 1.29 is 9.53 Å². The first-order chi connectivity index (χ1) is 10.4. The molecular weight excluding hydrogens is 389 g/mol. The average Bonchev–Trinajstić information content (AvgIpc) is 2.44. The molecule has 0 radical (unpaired) electrons. The maximum Gasteiger partial charge on any atom is 0.255 e. The van der Waals surface area contributed by atoms with Gasteiger partial charge in [-0.25, -0.2) is 0 Å². The number of ether oxygens (including phenoxy) is 1. The molecule has 4 heteroatoms. The largest absolute Gasteiger partial charge is 0.491 e. The number of amides is 1. The number of benzene rings is 2. The smallest absolute Gasteiger partial charge is 0.255 e. The summed E-state index contributed by atoms with van der Waals surface area (Å²) in [7, 11) is 0. The van der Waals surface area contributed by atoms with Gasteiger partial charge in [-0.15, -0.1) is 0 Å². The lowest BCUT2D eigenvalue weighted by Gasteiger charge is -2.12. The van der Waals surface area contributed by atoms with Crippen molar-refractivity contribution in [2.45, 2.75) is 33.8 Å². The van der Waals surface area contributed by atoms with Gasteiger partial charge in [-0.2, -0.15) is 0 Å². The van der Waals surface area contributed by atoms with Gasteiger partial charge in [0.15, 0.2) is 0 Å². The number of carbonyl (C=O) groups excluding carboxylic acids is 1. The van der Waals surface area contributed by atoms with Gasteiger partial charge < -0.3 is 10.1 Å². The Balaban J connectivity index is 2.14. The Morgan fingerprint density at radius 2 is 1.73 bits per heavy atom. The van der Waals surface area contributed by atoms with E-state index in [-0.39, 0.29) is 12.0 Å². The summed E-state index contributed by atoms with van der Waals surface area (Å²) in [4.78, 5) is 12.3. The minimum absolute atomic E-state index is 0.111. The maximum atomic E-state index is 12.3. The van der Waals surface area contributed by atoms with Gasteiger partial charge in [0.1, 0.15) is 5.75 Å². The van der Waals surface area contributed by atoms with Crippen molar-refractivity contribution in [3.05, 3.63) is 56.7 Å². The fourth-order valence-electron chi connectivity index (χ4n) is 2.07. The summed E-state index contributed by atoms with van der Waals surface area (Å²) >= 11 is 2.30. The van der Waals surface area contributed by atoms with E-state index in [2.05, 4.69) is 34.0 Å². The van der Waals surface area contributed by atoms with E-state index in [9.17, 15) is 4.79 Å². The molecule has 0 aliphatic rings. The molecule has 2 rings (SSSR count). The zero-order valence-electron chi connectivity index (χ0n) is 13.2. The third-order valence-electron chi connectivity index (χ3n) is 3.24. The van der Waals surface area contributed by atoms with Gasteiger partial charge in [-0.3, -0.25) is 4.79 Å². The van der Waals surface area contributed by atoms with E-state index in [1.165, 1.54) is 3.57 Å². The van der Waals surface area contributed by atoms with Crippen molar-refractivity contribution >= 4 is 34.2 Å². The van der Waals surface area contributed by atoms with E-state index in [0.717, 1.165) is 22.6 Å². The quantitative estimate of drug-likeness (QED) is 0.726. The number of hydrogen-bond donors (Lipinski definition) is 1. The van der Waals surface area contributed by atoms with Crippen molar-refractivity contribution in [3.8, 4) is 5.75 Å². The summed E-state index contributed by atoms with van der Waals surface area (Å²) in [6, 6.07) is 11.3. The summed E-state index contributed by atoms with van der Waals surface area (Å²) in [5, 5.41) is 2.97. The number of anilines is 1. The van der Waals surface area contributed by atoms with Crippen LogP contribution in [-0.4, -0.2) is 12.0 Å². The SMILES string of the molecule is Cc1cc(NC(=O)c2ccc(OC(C)C)cc2)c(C)cc1I. The minimum atomic E-state index is -0.111. The van der Waals surface area contributed by atoms with Crippen LogP contribution in [0.3, 0.4) is 0 Å². The van der Waals surface area contributed by atoms with E-state index >= 15 is 0 Å². The molecule has 2 aromatic carbocycles. The summed E-state index contributed by atoms with van der Waals surface area (Å²) in [6.07, 6.45) is 0.122. The van der Waals surface area contributed by atoms with Gasteiger partial charge in [0, 0.05) is 14.8 Å². The number of rotatable bonds is 4. The molecule has 0 aliphatic carbocycles. The van der Waals surface area contributed by atoms with Crippen LogP contribution < -0.4 is 10.1 Å². The second-order valence-electron chi connectivity index (χ2n) is 5.56. The minimum Gasteiger partial charge on any atom is -0.491 e. The van der Waals surface area contributed by atoms with Gasteiger partial charge in [0.2, 0.25) is 0 Å². The molecule has 0 atom stereocenters. The Hall–Kier alpha value is -1.56. The number of carbonyl (C=O) groups is 1. The van der Waals surface area contributed by atoms with Crippen LogP contribution in [0.25, 0.3) is 0 Å². The Morgan fingerprint density at radius 3 is 2.32 bits per heavy atom. The Morgan fingerprint density at radius 1 is 1.09 bits per heavy atom. The van der Waals surface area contributed by atoms with Crippen LogP contribution >= 0.6 is 22.6 Å². The number of halogens is 1. The van der Waals surface area contributed by atoms with Gasteiger partial charge in [-0.05, 0) is 97.8 Å². The molecule has 22 heavy (non-hydrogen) atoms. The van der Waals surface area contributed by atoms with Gasteiger partial charge in [0.05, 0.1) is 6.10 Å². The average molecular weight is 409 g/mol. The van der Waals surface area contributed by atoms with E-state index in [1.807, 2.05) is 45.9 Å². The van der Waals surface area contributed by atoms with Crippen LogP contribution in [0.15, 0.2) is 36.4 Å². The molecule has 2 aromatic rings. The molecule has 0 aliphatic heterocycles. The van der Waals surface area contributed by atoms with Crippen molar-refractivity contribution in [1.29, 1.82) is 0 Å². The Labute approximate surface area is 145 Å². The van der Waals surface area contributed by atoms with Gasteiger partial charge in [0.25, 0.3) is 5.91 Å². The maximum absolute atomic E-state index is 12.3. The highest BCUT2D eigenvalue weighted by Gasteiger charge is 2.09. The Bertz CT molecular complexity index is 678. The highest BCUT2D eigenvalue weighted by Crippen LogP contribution is 2.23. The van der Waals surface area contributed by atoms with Crippen molar-refractivity contribution in [3.63, 3.8) is 0 Å². The third-order valence-corrected chi connectivity index (χ3v) is 4.40. The summed E-state index contributed by atoms with van der Waals surface area (Å²) in [6.45, 7) is 7.98. The predicted molar refractivity (Wildman–Crippen MR) is 98.8 cm³/mol. The lowest BCUT2D eigenvalue weighted by Crippen LogP contribution is -2.13. The number of hydrogen-bond acceptors (Lipinski definition) is 2. The van der Waals surface area contributed by atoms with Crippen LogP contribution in [0.5, 0.6) is 5.75 Å². The van der Waals surface area contributed by atoms with Gasteiger partial charge in [-0.1, -0.05) is 0 Å². The monoisotopic (exact) mass is 409 g/mol. The fourth-order valence-corrected chi connectivity index (χ4v) is 2.69. The topological polar surface area (TPSA) is 38.3 Å². The van der Waals surface area contributed by atoms with Crippen molar-refractivity contribution in [2.75, 3.05) is 5.32 Å². The van der Waals surface area contributed by atoms with Crippen LogP contribution in [0.4, 0.5) is 5.69 Å². The number of aryl methyl sites for hydroxylation is 2. The highest BCUT2D eigenvalue weighted by atomic mass is 127. The van der Waals surface area contributed by atoms with Crippen LogP contribution in [0.1, 0.15) is 35.3 Å². The van der Waals surface area contributed by atoms with Gasteiger partial charge >= 0.3 is 0 Å². The van der Waals surface area contributed by atoms with Crippen LogP contribution in [-0.2, 0) is 0 Å². The summed E-state index contributed by atoms with van der Waals surface area (Å²) < 4.78 is 6.78. The van der Waals surface area contributed by atoms with Crippen LogP contribution in [0, 0.1) is 17.4 Å². The molecule has 0 saturated carbocycles. The molecule has 0 bridgehead atoms. The molecule has 0 heterocycles. The molecule has 0 fully saturated rings. The molecular formula is C18H20INO2. The molecule has 1 amide bonds. The van der Waals surface area contributed by atoms with E-state index in [0.29, 0.717) is 5.56 Å². The second kappa shape index (κ2) is 7.13. The second-order valence-corrected chi connectivity index (χ2v) is 6.72. The highest BCUT2D eigenvalue weighted by molar-refractivity contribution is 14.1. The third kappa shape index (κ3) is 4.22. The molecule has 1 N–H and O–H groups in total. The number of nitrogens with one attached hydrogen (secondary N) is 1. The summed E-state index contributed by atoms with van der Waals surface area (Å²) in [5.74, 6) is 0.660. The molecule has 0 saturated heterocycles. The standard InChI is InChI=1S/C18H20INO2/c1-11(2)22-15-7-5-14(6-8-15)18(21)20-17-10-12(3)16(19)9-13(17)4/h5-11H,1-4H3,(H,20,21). The molecule has 0 unspecified atom stereocenters. The van der Waals surface area contributed by atoms with E-state index in [1.54, 1.807) is 12.1 Å². The fraction of sp³-hybridized carbons (Fsp3) is 0.278. The lowest BCUT2D eigenvalue weighted by atomic mass is 10.1. The van der Waals surface area contributed by atoms with Crippen LogP contribution in [0.2, 0.25) is 0 Å². The molecule has 3 nitrogen and oxygen atoms in total. The first-order valence-corrected chi connectivity index (χ1v) is 8.29. The van der Waals surface area contributed by atoms with E-state index in [4.69, 9.17) is 4.74 Å². The molecule has 0 aromatic heterocycles. The first-order valence-electron chi connectivity index (χ1n) is 7.21. The zero-order chi connectivity index (χ0) is 16.3. The Kier molecular flexibility index (Phi) is 5.45. The predicted octanol–water partition coefficient (Wildman–Crippen LogP) is 4.95. The first kappa shape index (κ1) is 16.8. The summed E-state index contributed by atoms with van der Waals surface area (Å²) in [5.41, 5.74) is 3.68. The molecule has 0 spiro atoms. The lowest BCUT2D eigenvalue weighted by molar-refractivity contribution is 0.102. The normalized spacial score (nSPS) is 10.6. The molecule has 116 valence electrons. The van der Waals surface area contributed by atoms with Crippen molar-refractivity contribution in [2.24, 2.45) is 0 Å².